The first kappa shape index (κ1) is 15.7. The molecular formula is C19H24N2O2. The first-order chi connectivity index (χ1) is 10.9. The predicted molar refractivity (Wildman–Crippen MR) is 90.3 cm³/mol. The van der Waals surface area contributed by atoms with Crippen LogP contribution in [0.1, 0.15) is 38.1 Å². The third-order valence-corrected chi connectivity index (χ3v) is 4.06. The topological polar surface area (TPSA) is 34.5 Å². The van der Waals surface area contributed by atoms with Crippen LogP contribution in [0.25, 0.3) is 0 Å². The average Bonchev–Trinajstić information content (AvgIpc) is 2.95. The lowest BCUT2D eigenvalue weighted by atomic mass is 10.0. The monoisotopic (exact) mass is 312 g/mol. The van der Waals surface area contributed by atoms with Gasteiger partial charge in [-0.3, -0.25) is 4.90 Å². The highest BCUT2D eigenvalue weighted by molar-refractivity contribution is 5.69. The summed E-state index contributed by atoms with van der Waals surface area (Å²) in [6.07, 6.45) is 2.65. The number of aromatic nitrogens is 1. The molecule has 1 aliphatic rings. The molecule has 4 nitrogen and oxygen atoms in total. The van der Waals surface area contributed by atoms with Crippen LogP contribution in [0.4, 0.5) is 4.79 Å². The largest absolute Gasteiger partial charge is 0.444 e. The fraction of sp³-hybridized carbons (Fsp3) is 0.421. The van der Waals surface area contributed by atoms with Gasteiger partial charge in [-0.05, 0) is 44.9 Å². The van der Waals surface area contributed by atoms with Crippen LogP contribution >= 0.6 is 0 Å². The van der Waals surface area contributed by atoms with E-state index in [0.717, 1.165) is 13.0 Å². The predicted octanol–water partition coefficient (Wildman–Crippen LogP) is 4.02. The van der Waals surface area contributed by atoms with Crippen LogP contribution in [0.5, 0.6) is 0 Å². The lowest BCUT2D eigenvalue weighted by Crippen LogP contribution is -2.45. The molecule has 2 aromatic rings. The first-order valence-electron chi connectivity index (χ1n) is 8.12. The summed E-state index contributed by atoms with van der Waals surface area (Å²) in [5, 5.41) is 0. The molecule has 122 valence electrons. The van der Waals surface area contributed by atoms with E-state index in [0.29, 0.717) is 6.54 Å². The third kappa shape index (κ3) is 3.58. The normalized spacial score (nSPS) is 17.7. The fourth-order valence-corrected chi connectivity index (χ4v) is 3.06. The van der Waals surface area contributed by atoms with Crippen molar-refractivity contribution in [3.05, 3.63) is 59.9 Å². The third-order valence-electron chi connectivity index (χ3n) is 4.06. The van der Waals surface area contributed by atoms with E-state index < -0.39 is 5.60 Å². The zero-order valence-corrected chi connectivity index (χ0v) is 14.0. The number of carbonyl (C=O) groups excluding carboxylic acids is 1. The summed E-state index contributed by atoms with van der Waals surface area (Å²) in [5.74, 6) is 0. The highest BCUT2D eigenvalue weighted by Crippen LogP contribution is 2.30. The van der Waals surface area contributed by atoms with Gasteiger partial charge >= 0.3 is 6.09 Å². The average molecular weight is 312 g/mol. The van der Waals surface area contributed by atoms with Crippen LogP contribution in [0, 0.1) is 0 Å². The quantitative estimate of drug-likeness (QED) is 0.839. The first-order valence-corrected chi connectivity index (χ1v) is 8.12. The molecule has 0 bridgehead atoms. The minimum absolute atomic E-state index is 0.0102. The van der Waals surface area contributed by atoms with Gasteiger partial charge in [-0.1, -0.05) is 30.3 Å². The molecule has 0 spiro atoms. The van der Waals surface area contributed by atoms with Gasteiger partial charge in [-0.15, -0.1) is 0 Å². The summed E-state index contributed by atoms with van der Waals surface area (Å²) in [5.41, 5.74) is 1.92. The molecule has 0 radical (unpaired) electrons. The van der Waals surface area contributed by atoms with Crippen LogP contribution in [-0.4, -0.2) is 27.7 Å². The molecule has 1 aromatic heterocycles. The van der Waals surface area contributed by atoms with Crippen molar-refractivity contribution in [2.45, 2.75) is 45.4 Å². The van der Waals surface area contributed by atoms with Gasteiger partial charge in [0.05, 0.1) is 6.04 Å². The van der Waals surface area contributed by atoms with Crippen molar-refractivity contribution in [2.75, 3.05) is 6.54 Å². The van der Waals surface area contributed by atoms with Gasteiger partial charge in [0.25, 0.3) is 0 Å². The maximum Gasteiger partial charge on any atom is 0.410 e. The molecule has 0 saturated heterocycles. The van der Waals surface area contributed by atoms with Gasteiger partial charge in [-0.25, -0.2) is 4.79 Å². The Bertz CT molecular complexity index is 670. The Morgan fingerprint density at radius 1 is 1.13 bits per heavy atom. The summed E-state index contributed by atoms with van der Waals surface area (Å²) in [4.78, 5) is 14.5. The minimum atomic E-state index is -0.478. The standard InChI is InChI=1S/C19H24N2O2/c1-19(2,3)23-18(22)21-13-12-20-11-7-10-16(20)17(21)14-15-8-5-4-6-9-15/h4-11,17H,12-14H2,1-3H3. The zero-order chi connectivity index (χ0) is 16.4. The van der Waals surface area contributed by atoms with Crippen LogP contribution in [0.3, 0.4) is 0 Å². The zero-order valence-electron chi connectivity index (χ0n) is 14.0. The van der Waals surface area contributed by atoms with Crippen LogP contribution in [0.2, 0.25) is 0 Å². The van der Waals surface area contributed by atoms with Crippen molar-refractivity contribution in [3.63, 3.8) is 0 Å². The second-order valence-electron chi connectivity index (χ2n) is 7.01. The molecule has 1 unspecified atom stereocenters. The molecular weight excluding hydrogens is 288 g/mol. The Morgan fingerprint density at radius 3 is 2.57 bits per heavy atom. The number of rotatable bonds is 2. The molecule has 0 aliphatic carbocycles. The Balaban J connectivity index is 1.87. The number of benzene rings is 1. The Labute approximate surface area is 137 Å². The van der Waals surface area contributed by atoms with Gasteiger partial charge < -0.3 is 9.30 Å². The summed E-state index contributed by atoms with van der Waals surface area (Å²) in [7, 11) is 0. The number of hydrogen-bond acceptors (Lipinski definition) is 2. The molecule has 1 aromatic carbocycles. The number of nitrogens with zero attached hydrogens (tertiary/aromatic N) is 2. The van der Waals surface area contributed by atoms with E-state index in [1.165, 1.54) is 11.3 Å². The smallest absolute Gasteiger partial charge is 0.410 e. The molecule has 2 heterocycles. The van der Waals surface area contributed by atoms with E-state index in [1.54, 1.807) is 0 Å². The molecule has 1 atom stereocenters. The van der Waals surface area contributed by atoms with E-state index in [-0.39, 0.29) is 12.1 Å². The number of carbonyl (C=O) groups is 1. The molecule has 3 rings (SSSR count). The molecule has 4 heteroatoms. The molecule has 1 aliphatic heterocycles. The van der Waals surface area contributed by atoms with Crippen molar-refractivity contribution in [3.8, 4) is 0 Å². The van der Waals surface area contributed by atoms with Gasteiger partial charge in [0.1, 0.15) is 5.60 Å². The van der Waals surface area contributed by atoms with Gasteiger partial charge in [0.2, 0.25) is 0 Å². The lowest BCUT2D eigenvalue weighted by molar-refractivity contribution is 0.0106. The van der Waals surface area contributed by atoms with Crippen LogP contribution in [0.15, 0.2) is 48.7 Å². The Hall–Kier alpha value is -2.23. The number of fused-ring (bicyclic) bond motifs is 1. The van der Waals surface area contributed by atoms with Gasteiger partial charge in [-0.2, -0.15) is 0 Å². The van der Waals surface area contributed by atoms with Crippen molar-refractivity contribution in [1.82, 2.24) is 9.47 Å². The van der Waals surface area contributed by atoms with Crippen molar-refractivity contribution >= 4 is 6.09 Å². The molecule has 0 saturated carbocycles. The molecule has 1 amide bonds. The summed E-state index contributed by atoms with van der Waals surface area (Å²) in [6, 6.07) is 14.5. The van der Waals surface area contributed by atoms with E-state index in [1.807, 2.05) is 49.9 Å². The fourth-order valence-electron chi connectivity index (χ4n) is 3.06. The van der Waals surface area contributed by atoms with E-state index in [2.05, 4.69) is 29.0 Å². The number of amides is 1. The second kappa shape index (κ2) is 6.11. The SMILES string of the molecule is CC(C)(C)OC(=O)N1CCn2cccc2C1Cc1ccccc1. The maximum absolute atomic E-state index is 12.6. The van der Waals surface area contributed by atoms with Crippen LogP contribution < -0.4 is 0 Å². The minimum Gasteiger partial charge on any atom is -0.444 e. The summed E-state index contributed by atoms with van der Waals surface area (Å²) in [6.45, 7) is 7.21. The van der Waals surface area contributed by atoms with Crippen molar-refractivity contribution in [1.29, 1.82) is 0 Å². The highest BCUT2D eigenvalue weighted by atomic mass is 16.6. The van der Waals surface area contributed by atoms with Crippen molar-refractivity contribution < 1.29 is 9.53 Å². The highest BCUT2D eigenvalue weighted by Gasteiger charge is 2.33. The summed E-state index contributed by atoms with van der Waals surface area (Å²) < 4.78 is 7.85. The molecule has 23 heavy (non-hydrogen) atoms. The van der Waals surface area contributed by atoms with Gasteiger partial charge in [0, 0.05) is 25.0 Å². The molecule has 0 N–H and O–H groups in total. The van der Waals surface area contributed by atoms with Gasteiger partial charge in [0.15, 0.2) is 0 Å². The summed E-state index contributed by atoms with van der Waals surface area (Å²) >= 11 is 0. The lowest BCUT2D eigenvalue weighted by Gasteiger charge is -2.38. The number of hydrogen-bond donors (Lipinski definition) is 0. The second-order valence-corrected chi connectivity index (χ2v) is 7.01. The van der Waals surface area contributed by atoms with Crippen molar-refractivity contribution in [2.24, 2.45) is 0 Å². The van der Waals surface area contributed by atoms with E-state index in [9.17, 15) is 4.79 Å². The maximum atomic E-state index is 12.6. The molecule has 0 fully saturated rings. The number of ether oxygens (including phenoxy) is 1. The Morgan fingerprint density at radius 2 is 1.87 bits per heavy atom. The Kier molecular flexibility index (Phi) is 4.16. The van der Waals surface area contributed by atoms with E-state index >= 15 is 0 Å². The van der Waals surface area contributed by atoms with E-state index in [4.69, 9.17) is 4.74 Å². The van der Waals surface area contributed by atoms with Crippen LogP contribution in [-0.2, 0) is 17.7 Å².